The summed E-state index contributed by atoms with van der Waals surface area (Å²) in [5.41, 5.74) is 6.52. The van der Waals surface area contributed by atoms with E-state index in [1.54, 1.807) is 26.3 Å². The maximum Gasteiger partial charge on any atom is 0.308 e. The molecule has 0 radical (unpaired) electrons. The van der Waals surface area contributed by atoms with Crippen LogP contribution in [0.5, 0.6) is 0 Å². The molecule has 3 N–H and O–H groups in total. The predicted molar refractivity (Wildman–Crippen MR) is 94.3 cm³/mol. The second kappa shape index (κ2) is 10.8. The van der Waals surface area contributed by atoms with Gasteiger partial charge in [-0.2, -0.15) is 0 Å². The molecule has 1 fully saturated rings. The van der Waals surface area contributed by atoms with Gasteiger partial charge in [0.1, 0.15) is 0 Å². The number of nitrogens with two attached hydrogens (primary N) is 1. The molecule has 1 aliphatic carbocycles. The first-order chi connectivity index (χ1) is 10.7. The van der Waals surface area contributed by atoms with Gasteiger partial charge in [-0.3, -0.25) is 9.59 Å². The van der Waals surface area contributed by atoms with Crippen LogP contribution >= 0.6 is 0 Å². The summed E-state index contributed by atoms with van der Waals surface area (Å²) in [6, 6.07) is 9.10. The SMILES string of the molecule is CC(C)(C)C(=O)O.Cc1ccc(C2CCCCC2)cc1.NC=O. The van der Waals surface area contributed by atoms with E-state index >= 15 is 0 Å². The lowest BCUT2D eigenvalue weighted by atomic mass is 9.84. The van der Waals surface area contributed by atoms with Crippen molar-refractivity contribution in [3.8, 4) is 0 Å². The van der Waals surface area contributed by atoms with Crippen LogP contribution in [-0.4, -0.2) is 17.5 Å². The van der Waals surface area contributed by atoms with Gasteiger partial charge in [0.05, 0.1) is 5.41 Å². The molecule has 4 nitrogen and oxygen atoms in total. The molecule has 1 aliphatic rings. The van der Waals surface area contributed by atoms with E-state index in [4.69, 9.17) is 9.90 Å². The quantitative estimate of drug-likeness (QED) is 0.758. The molecule has 0 heterocycles. The van der Waals surface area contributed by atoms with Crippen molar-refractivity contribution in [1.82, 2.24) is 0 Å². The molecule has 0 unspecified atom stereocenters. The number of aliphatic carboxylic acids is 1. The van der Waals surface area contributed by atoms with E-state index in [1.165, 1.54) is 37.7 Å². The maximum atomic E-state index is 10.0. The first kappa shape index (κ1) is 21.2. The third-order valence-electron chi connectivity index (χ3n) is 3.80. The van der Waals surface area contributed by atoms with E-state index < -0.39 is 11.4 Å². The van der Waals surface area contributed by atoms with Gasteiger partial charge in [0.2, 0.25) is 6.41 Å². The number of carbonyl (C=O) groups excluding carboxylic acids is 1. The summed E-state index contributed by atoms with van der Waals surface area (Å²) in [4.78, 5) is 18.6. The van der Waals surface area contributed by atoms with Gasteiger partial charge >= 0.3 is 5.97 Å². The van der Waals surface area contributed by atoms with E-state index in [-0.39, 0.29) is 6.41 Å². The van der Waals surface area contributed by atoms with Crippen molar-refractivity contribution >= 4 is 12.4 Å². The summed E-state index contributed by atoms with van der Waals surface area (Å²) in [5, 5.41) is 8.25. The Morgan fingerprint density at radius 2 is 1.52 bits per heavy atom. The lowest BCUT2D eigenvalue weighted by Crippen LogP contribution is -2.18. The van der Waals surface area contributed by atoms with E-state index in [9.17, 15) is 4.79 Å². The smallest absolute Gasteiger partial charge is 0.308 e. The van der Waals surface area contributed by atoms with Crippen LogP contribution in [0.15, 0.2) is 24.3 Å². The Labute approximate surface area is 140 Å². The monoisotopic (exact) mass is 321 g/mol. The van der Waals surface area contributed by atoms with Gasteiger partial charge < -0.3 is 10.8 Å². The molecule has 4 heteroatoms. The molecule has 0 bridgehead atoms. The highest BCUT2D eigenvalue weighted by Crippen LogP contribution is 2.32. The highest BCUT2D eigenvalue weighted by atomic mass is 16.4. The van der Waals surface area contributed by atoms with Crippen LogP contribution in [0.25, 0.3) is 0 Å². The number of hydrogen-bond acceptors (Lipinski definition) is 2. The lowest BCUT2D eigenvalue weighted by molar-refractivity contribution is -0.145. The molecular formula is C19H31NO3. The number of carbonyl (C=O) groups is 2. The number of rotatable bonds is 1. The fraction of sp³-hybridized carbons (Fsp3) is 0.579. The third-order valence-corrected chi connectivity index (χ3v) is 3.80. The van der Waals surface area contributed by atoms with Gasteiger partial charge in [-0.1, -0.05) is 49.1 Å². The number of primary amides is 1. The van der Waals surface area contributed by atoms with Crippen molar-refractivity contribution in [3.63, 3.8) is 0 Å². The number of amides is 1. The first-order valence-electron chi connectivity index (χ1n) is 8.17. The molecule has 0 aromatic heterocycles. The van der Waals surface area contributed by atoms with Crippen molar-refractivity contribution < 1.29 is 14.7 Å². The van der Waals surface area contributed by atoms with Crippen molar-refractivity contribution in [2.24, 2.45) is 11.1 Å². The third kappa shape index (κ3) is 9.72. The molecule has 1 aromatic carbocycles. The Hall–Kier alpha value is -1.84. The molecule has 23 heavy (non-hydrogen) atoms. The zero-order chi connectivity index (χ0) is 17.9. The Balaban J connectivity index is 0.000000412. The second-order valence-corrected chi connectivity index (χ2v) is 6.94. The predicted octanol–water partition coefficient (Wildman–Crippen LogP) is 4.26. The minimum atomic E-state index is -0.757. The molecule has 1 aromatic rings. The Bertz CT molecular complexity index is 454. The molecule has 1 amide bonds. The zero-order valence-electron chi connectivity index (χ0n) is 14.8. The number of benzene rings is 1. The number of aryl methyl sites for hydroxylation is 1. The average molecular weight is 321 g/mol. The molecule has 0 spiro atoms. The highest BCUT2D eigenvalue weighted by Gasteiger charge is 2.18. The topological polar surface area (TPSA) is 80.4 Å². The summed E-state index contributed by atoms with van der Waals surface area (Å²) in [6.45, 7) is 7.14. The summed E-state index contributed by atoms with van der Waals surface area (Å²) in [5.74, 6) is 0.0989. The number of carboxylic acid groups (broad SMARTS) is 1. The fourth-order valence-corrected chi connectivity index (χ4v) is 2.27. The summed E-state index contributed by atoms with van der Waals surface area (Å²) < 4.78 is 0. The van der Waals surface area contributed by atoms with Crippen molar-refractivity contribution in [1.29, 1.82) is 0 Å². The van der Waals surface area contributed by atoms with E-state index in [0.29, 0.717) is 0 Å². The van der Waals surface area contributed by atoms with Crippen LogP contribution < -0.4 is 5.73 Å². The minimum absolute atomic E-state index is 0.250. The maximum absolute atomic E-state index is 10.0. The Kier molecular flexibility index (Phi) is 9.95. The fourth-order valence-electron chi connectivity index (χ4n) is 2.27. The lowest BCUT2D eigenvalue weighted by Gasteiger charge is -2.21. The molecule has 0 atom stereocenters. The number of hydrogen-bond donors (Lipinski definition) is 2. The number of carboxylic acids is 1. The molecule has 2 rings (SSSR count). The normalized spacial score (nSPS) is 14.6. The van der Waals surface area contributed by atoms with Crippen LogP contribution in [0.2, 0.25) is 0 Å². The Morgan fingerprint density at radius 3 is 1.87 bits per heavy atom. The standard InChI is InChI=1S/C13H18.C5H10O2.CH3NO/c1-11-7-9-13(10-8-11)12-5-3-2-4-6-12;1-5(2,3)4(6)7;2-1-3/h7-10,12H,2-6H2,1H3;1-3H3,(H,6,7);1H,(H2,2,3). The largest absolute Gasteiger partial charge is 0.481 e. The first-order valence-corrected chi connectivity index (χ1v) is 8.17. The van der Waals surface area contributed by atoms with E-state index in [1.807, 2.05) is 0 Å². The van der Waals surface area contributed by atoms with Gasteiger partial charge in [-0.25, -0.2) is 0 Å². The molecule has 130 valence electrons. The van der Waals surface area contributed by atoms with Crippen LogP contribution in [0, 0.1) is 12.3 Å². The summed E-state index contributed by atoms with van der Waals surface area (Å²) >= 11 is 0. The average Bonchev–Trinajstić information content (AvgIpc) is 2.49. The van der Waals surface area contributed by atoms with Gasteiger partial charge in [0.25, 0.3) is 0 Å². The summed E-state index contributed by atoms with van der Waals surface area (Å²) in [7, 11) is 0. The van der Waals surface area contributed by atoms with Crippen molar-refractivity contribution in [3.05, 3.63) is 35.4 Å². The van der Waals surface area contributed by atoms with Crippen molar-refractivity contribution in [2.75, 3.05) is 0 Å². The van der Waals surface area contributed by atoms with Crippen molar-refractivity contribution in [2.45, 2.75) is 65.7 Å². The minimum Gasteiger partial charge on any atom is -0.481 e. The van der Waals surface area contributed by atoms with E-state index in [0.717, 1.165) is 5.92 Å². The molecule has 1 saturated carbocycles. The van der Waals surface area contributed by atoms with Gasteiger partial charge in [0, 0.05) is 0 Å². The molecular weight excluding hydrogens is 290 g/mol. The molecule has 0 aliphatic heterocycles. The molecule has 0 saturated heterocycles. The van der Waals surface area contributed by atoms with Gasteiger partial charge in [-0.15, -0.1) is 0 Å². The van der Waals surface area contributed by atoms with Crippen LogP contribution in [-0.2, 0) is 9.59 Å². The highest BCUT2D eigenvalue weighted by molar-refractivity contribution is 5.72. The Morgan fingerprint density at radius 1 is 1.13 bits per heavy atom. The van der Waals surface area contributed by atoms with Gasteiger partial charge in [0.15, 0.2) is 0 Å². The van der Waals surface area contributed by atoms with E-state index in [2.05, 4.69) is 36.9 Å². The van der Waals surface area contributed by atoms with Crippen LogP contribution in [0.3, 0.4) is 0 Å². The second-order valence-electron chi connectivity index (χ2n) is 6.94. The zero-order valence-corrected chi connectivity index (χ0v) is 14.8. The van der Waals surface area contributed by atoms with Gasteiger partial charge in [-0.05, 0) is 52.0 Å². The van der Waals surface area contributed by atoms with Crippen LogP contribution in [0.4, 0.5) is 0 Å². The summed E-state index contributed by atoms with van der Waals surface area (Å²) in [6.07, 6.45) is 7.37. The van der Waals surface area contributed by atoms with Crippen LogP contribution in [0.1, 0.15) is 69.9 Å².